The van der Waals surface area contributed by atoms with E-state index in [1.54, 1.807) is 18.2 Å². The summed E-state index contributed by atoms with van der Waals surface area (Å²) in [6.07, 6.45) is 5.80. The first-order valence-corrected chi connectivity index (χ1v) is 11.2. The summed E-state index contributed by atoms with van der Waals surface area (Å²) in [4.78, 5) is 14.6. The Morgan fingerprint density at radius 3 is 2.64 bits per heavy atom. The summed E-state index contributed by atoms with van der Waals surface area (Å²) in [6.45, 7) is 3.60. The summed E-state index contributed by atoms with van der Waals surface area (Å²) in [5.74, 6) is -0.288. The molecule has 0 atom stereocenters. The van der Waals surface area contributed by atoms with Crippen LogP contribution in [-0.2, 0) is 14.8 Å². The molecule has 1 aromatic carbocycles. The number of piperidine rings is 1. The number of carbonyl (C=O) groups excluding carboxylic acids is 1. The molecule has 0 unspecified atom stereocenters. The molecule has 6 nitrogen and oxygen atoms in total. The van der Waals surface area contributed by atoms with Gasteiger partial charge in [-0.25, -0.2) is 8.42 Å². The van der Waals surface area contributed by atoms with Crippen LogP contribution >= 0.6 is 15.9 Å². The lowest BCUT2D eigenvalue weighted by atomic mass is 10.1. The maximum absolute atomic E-state index is 12.2. The number of sulfonamides is 1. The minimum Gasteiger partial charge on any atom is -0.354 e. The van der Waals surface area contributed by atoms with Gasteiger partial charge < -0.3 is 10.2 Å². The van der Waals surface area contributed by atoms with E-state index in [1.807, 2.05) is 6.07 Å². The summed E-state index contributed by atoms with van der Waals surface area (Å²) in [5.41, 5.74) is 0.473. The number of amides is 1. The van der Waals surface area contributed by atoms with Crippen molar-refractivity contribution < 1.29 is 13.2 Å². The van der Waals surface area contributed by atoms with Crippen molar-refractivity contribution >= 4 is 37.5 Å². The zero-order valence-electron chi connectivity index (χ0n) is 14.6. The van der Waals surface area contributed by atoms with Crippen LogP contribution in [0.25, 0.3) is 0 Å². The number of anilines is 1. The minimum atomic E-state index is -3.53. The molecule has 0 spiro atoms. The van der Waals surface area contributed by atoms with Crippen LogP contribution in [0.1, 0.15) is 25.7 Å². The summed E-state index contributed by atoms with van der Waals surface area (Å²) in [6, 6.07) is 6.92. The molecule has 1 heterocycles. The van der Waals surface area contributed by atoms with Crippen molar-refractivity contribution in [1.29, 1.82) is 0 Å². The Bertz CT molecular complexity index is 675. The molecule has 0 saturated carbocycles. The summed E-state index contributed by atoms with van der Waals surface area (Å²) < 4.78 is 26.0. The molecule has 1 saturated heterocycles. The van der Waals surface area contributed by atoms with Gasteiger partial charge >= 0.3 is 0 Å². The van der Waals surface area contributed by atoms with Gasteiger partial charge in [-0.1, -0.05) is 28.4 Å². The molecule has 25 heavy (non-hydrogen) atoms. The van der Waals surface area contributed by atoms with Crippen LogP contribution in [0.5, 0.6) is 0 Å². The van der Waals surface area contributed by atoms with Crippen LogP contribution in [0.4, 0.5) is 5.69 Å². The highest BCUT2D eigenvalue weighted by molar-refractivity contribution is 9.10. The fourth-order valence-electron chi connectivity index (χ4n) is 2.93. The van der Waals surface area contributed by atoms with Crippen molar-refractivity contribution in [2.24, 2.45) is 0 Å². The Balaban J connectivity index is 1.83. The molecular formula is C17H26BrN3O3S. The summed E-state index contributed by atoms with van der Waals surface area (Å²) in [7, 11) is -3.53. The third kappa shape index (κ3) is 6.95. The fraction of sp³-hybridized carbons (Fsp3) is 0.588. The highest BCUT2D eigenvalue weighted by Gasteiger charge is 2.20. The minimum absolute atomic E-state index is 0.209. The molecule has 1 aromatic rings. The number of rotatable bonds is 8. The topological polar surface area (TPSA) is 69.7 Å². The number of nitrogens with one attached hydrogen (secondary N) is 1. The van der Waals surface area contributed by atoms with Gasteiger partial charge in [0.2, 0.25) is 15.9 Å². The number of likely N-dealkylation sites (tertiary alicyclic amines) is 1. The lowest BCUT2D eigenvalue weighted by molar-refractivity contribution is -0.119. The van der Waals surface area contributed by atoms with E-state index in [-0.39, 0.29) is 12.5 Å². The van der Waals surface area contributed by atoms with Gasteiger partial charge in [-0.3, -0.25) is 9.10 Å². The third-order valence-electron chi connectivity index (χ3n) is 4.21. The van der Waals surface area contributed by atoms with Crippen LogP contribution < -0.4 is 9.62 Å². The maximum atomic E-state index is 12.2. The van der Waals surface area contributed by atoms with E-state index in [4.69, 9.17) is 0 Å². The van der Waals surface area contributed by atoms with E-state index in [0.29, 0.717) is 12.2 Å². The molecular weight excluding hydrogens is 406 g/mol. The monoisotopic (exact) mass is 431 g/mol. The van der Waals surface area contributed by atoms with Gasteiger partial charge in [0, 0.05) is 11.0 Å². The normalized spacial score (nSPS) is 15.8. The zero-order valence-corrected chi connectivity index (χ0v) is 17.0. The fourth-order valence-corrected chi connectivity index (χ4v) is 4.17. The third-order valence-corrected chi connectivity index (χ3v) is 5.84. The van der Waals surface area contributed by atoms with Crippen molar-refractivity contribution in [3.8, 4) is 0 Å². The van der Waals surface area contributed by atoms with E-state index in [0.717, 1.165) is 41.1 Å². The molecule has 2 rings (SSSR count). The van der Waals surface area contributed by atoms with Crippen LogP contribution in [0, 0.1) is 0 Å². The lowest BCUT2D eigenvalue weighted by Crippen LogP contribution is -2.41. The molecule has 8 heteroatoms. The van der Waals surface area contributed by atoms with E-state index in [1.165, 1.54) is 19.3 Å². The van der Waals surface area contributed by atoms with Crippen LogP contribution in [0.15, 0.2) is 28.7 Å². The van der Waals surface area contributed by atoms with E-state index in [2.05, 4.69) is 26.1 Å². The van der Waals surface area contributed by atoms with Gasteiger partial charge in [-0.2, -0.15) is 0 Å². The van der Waals surface area contributed by atoms with Gasteiger partial charge in [0.1, 0.15) is 6.54 Å². The van der Waals surface area contributed by atoms with Gasteiger partial charge in [0.25, 0.3) is 0 Å². The average molecular weight is 432 g/mol. The van der Waals surface area contributed by atoms with Crippen LogP contribution in [0.2, 0.25) is 0 Å². The average Bonchev–Trinajstić information content (AvgIpc) is 2.56. The molecule has 0 aromatic heterocycles. The van der Waals surface area contributed by atoms with E-state index in [9.17, 15) is 13.2 Å². The number of hydrogen-bond donors (Lipinski definition) is 1. The highest BCUT2D eigenvalue weighted by atomic mass is 79.9. The number of nitrogens with zero attached hydrogens (tertiary/aromatic N) is 2. The van der Waals surface area contributed by atoms with Gasteiger partial charge in [0.15, 0.2) is 0 Å². The molecule has 1 fully saturated rings. The number of carbonyl (C=O) groups is 1. The summed E-state index contributed by atoms with van der Waals surface area (Å²) in [5, 5.41) is 2.83. The molecule has 0 bridgehead atoms. The molecule has 0 aliphatic carbocycles. The highest BCUT2D eigenvalue weighted by Crippen LogP contribution is 2.21. The molecule has 1 aliphatic heterocycles. The van der Waals surface area contributed by atoms with Crippen LogP contribution in [0.3, 0.4) is 0 Å². The molecule has 140 valence electrons. The molecule has 1 aliphatic rings. The largest absolute Gasteiger partial charge is 0.354 e. The summed E-state index contributed by atoms with van der Waals surface area (Å²) >= 11 is 3.33. The van der Waals surface area contributed by atoms with Crippen molar-refractivity contribution in [3.05, 3.63) is 28.7 Å². The number of benzene rings is 1. The smallest absolute Gasteiger partial charge is 0.240 e. The first-order chi connectivity index (χ1) is 11.9. The second kappa shape index (κ2) is 9.54. The van der Waals surface area contributed by atoms with Gasteiger partial charge in [-0.15, -0.1) is 0 Å². The van der Waals surface area contributed by atoms with Crippen molar-refractivity contribution in [1.82, 2.24) is 10.2 Å². The SMILES string of the molecule is CS(=O)(=O)N(CC(=O)NCCCN1CCCCC1)c1cccc(Br)c1. The molecule has 1 N–H and O–H groups in total. The first kappa shape index (κ1) is 20.2. The first-order valence-electron chi connectivity index (χ1n) is 8.58. The standard InChI is InChI=1S/C17H26BrN3O3S/c1-25(23,24)21(16-8-5-7-15(18)13-16)14-17(22)19-9-6-12-20-10-3-2-4-11-20/h5,7-8,13H,2-4,6,9-12,14H2,1H3,(H,19,22). The zero-order chi connectivity index (χ0) is 18.3. The Labute approximate surface area is 158 Å². The lowest BCUT2D eigenvalue weighted by Gasteiger charge is -2.26. The Hall–Kier alpha value is -1.12. The Morgan fingerprint density at radius 2 is 2.00 bits per heavy atom. The van der Waals surface area contributed by atoms with E-state index < -0.39 is 10.0 Å². The van der Waals surface area contributed by atoms with Gasteiger partial charge in [-0.05, 0) is 57.1 Å². The second-order valence-corrected chi connectivity index (χ2v) is 9.18. The number of halogens is 1. The molecule has 0 radical (unpaired) electrons. The maximum Gasteiger partial charge on any atom is 0.240 e. The van der Waals surface area contributed by atoms with Crippen LogP contribution in [-0.4, -0.2) is 58.2 Å². The van der Waals surface area contributed by atoms with Crippen molar-refractivity contribution in [3.63, 3.8) is 0 Å². The van der Waals surface area contributed by atoms with Crippen molar-refractivity contribution in [2.45, 2.75) is 25.7 Å². The second-order valence-electron chi connectivity index (χ2n) is 6.36. The Morgan fingerprint density at radius 1 is 1.28 bits per heavy atom. The quantitative estimate of drug-likeness (QED) is 0.640. The number of hydrogen-bond acceptors (Lipinski definition) is 4. The predicted octanol–water partition coefficient (Wildman–Crippen LogP) is 2.21. The van der Waals surface area contributed by atoms with Crippen molar-refractivity contribution in [2.75, 3.05) is 43.3 Å². The molecule has 1 amide bonds. The van der Waals surface area contributed by atoms with E-state index >= 15 is 0 Å². The van der Waals surface area contributed by atoms with Gasteiger partial charge in [0.05, 0.1) is 11.9 Å². The Kier molecular flexibility index (Phi) is 7.71. The predicted molar refractivity (Wildman–Crippen MR) is 104 cm³/mol.